The Bertz CT molecular complexity index is 1420. The van der Waals surface area contributed by atoms with Crippen molar-refractivity contribution in [3.05, 3.63) is 75.3 Å². The number of nitro benzene ring substituents is 1. The molecule has 40 heavy (non-hydrogen) atoms. The number of nitro groups is 1. The Morgan fingerprint density at radius 2 is 1.30 bits per heavy atom. The minimum atomic E-state index is -0.582. The van der Waals surface area contributed by atoms with Crippen molar-refractivity contribution in [3.8, 4) is 34.5 Å². The van der Waals surface area contributed by atoms with Gasteiger partial charge in [-0.2, -0.15) is 0 Å². The number of anilines is 1. The molecule has 3 rings (SSSR count). The van der Waals surface area contributed by atoms with E-state index in [9.17, 15) is 14.9 Å². The van der Waals surface area contributed by atoms with E-state index >= 15 is 0 Å². The molecule has 1 N–H and O–H groups in total. The van der Waals surface area contributed by atoms with E-state index in [1.54, 1.807) is 30.3 Å². The quantitative estimate of drug-likeness (QED) is 0.135. The number of benzene rings is 3. The van der Waals surface area contributed by atoms with Crippen LogP contribution in [-0.4, -0.2) is 53.5 Å². The number of methoxy groups -OCH3 is 6. The molecule has 11 nitrogen and oxygen atoms in total. The molecule has 0 saturated heterocycles. The summed E-state index contributed by atoms with van der Waals surface area (Å²) in [6, 6.07) is 11.7. The van der Waals surface area contributed by atoms with Crippen LogP contribution in [0, 0.1) is 10.1 Å². The average Bonchev–Trinajstić information content (AvgIpc) is 2.97. The Labute approximate surface area is 231 Å². The van der Waals surface area contributed by atoms with Crippen LogP contribution in [0.4, 0.5) is 11.4 Å². The third kappa shape index (κ3) is 6.81. The number of rotatable bonds is 12. The van der Waals surface area contributed by atoms with Gasteiger partial charge in [0.25, 0.3) is 0 Å². The van der Waals surface area contributed by atoms with E-state index in [1.165, 1.54) is 66.9 Å². The van der Waals surface area contributed by atoms with E-state index in [0.29, 0.717) is 39.8 Å². The lowest BCUT2D eigenvalue weighted by atomic mass is 10.1. The topological polar surface area (TPSA) is 128 Å². The Morgan fingerprint density at radius 1 is 0.725 bits per heavy atom. The SMILES string of the molecule is COc1ccc(/C=C/c2cc(OC)c(OC)c(OC)c2)c(NC(=O)/C=C/c2cc(OC)c(OC)c([N+](=O)[O-])c2)c1. The number of nitrogens with one attached hydrogen (secondary N) is 1. The van der Waals surface area contributed by atoms with Crippen molar-refractivity contribution in [2.45, 2.75) is 0 Å². The summed E-state index contributed by atoms with van der Waals surface area (Å²) in [5, 5.41) is 14.3. The van der Waals surface area contributed by atoms with Gasteiger partial charge >= 0.3 is 5.69 Å². The lowest BCUT2D eigenvalue weighted by Gasteiger charge is -2.13. The van der Waals surface area contributed by atoms with E-state index in [4.69, 9.17) is 28.4 Å². The molecule has 0 unspecified atom stereocenters. The molecule has 0 atom stereocenters. The molecule has 0 aliphatic carbocycles. The van der Waals surface area contributed by atoms with Crippen molar-refractivity contribution < 1.29 is 38.1 Å². The zero-order valence-corrected chi connectivity index (χ0v) is 23.0. The molecule has 0 bridgehead atoms. The fraction of sp³-hybridized carbons (Fsp3) is 0.207. The minimum Gasteiger partial charge on any atom is -0.497 e. The highest BCUT2D eigenvalue weighted by atomic mass is 16.6. The Kier molecular flexibility index (Phi) is 9.95. The molecule has 1 amide bonds. The van der Waals surface area contributed by atoms with Gasteiger partial charge in [-0.05, 0) is 53.1 Å². The van der Waals surface area contributed by atoms with Gasteiger partial charge in [0.1, 0.15) is 5.75 Å². The van der Waals surface area contributed by atoms with Gasteiger partial charge in [-0.15, -0.1) is 0 Å². The van der Waals surface area contributed by atoms with Crippen molar-refractivity contribution in [2.24, 2.45) is 0 Å². The third-order valence-corrected chi connectivity index (χ3v) is 5.77. The van der Waals surface area contributed by atoms with Crippen LogP contribution in [0.3, 0.4) is 0 Å². The van der Waals surface area contributed by atoms with Crippen LogP contribution >= 0.6 is 0 Å². The largest absolute Gasteiger partial charge is 0.497 e. The van der Waals surface area contributed by atoms with Gasteiger partial charge in [-0.3, -0.25) is 14.9 Å². The van der Waals surface area contributed by atoms with Gasteiger partial charge in [-0.25, -0.2) is 0 Å². The highest BCUT2D eigenvalue weighted by molar-refractivity contribution is 6.03. The van der Waals surface area contributed by atoms with Crippen LogP contribution in [0.25, 0.3) is 18.2 Å². The first-order valence-corrected chi connectivity index (χ1v) is 11.8. The van der Waals surface area contributed by atoms with Crippen molar-refractivity contribution in [3.63, 3.8) is 0 Å². The van der Waals surface area contributed by atoms with Crippen LogP contribution in [0.1, 0.15) is 16.7 Å². The van der Waals surface area contributed by atoms with Gasteiger partial charge in [0.05, 0.1) is 53.3 Å². The molecule has 3 aromatic rings. The van der Waals surface area contributed by atoms with Gasteiger partial charge in [0.15, 0.2) is 17.2 Å². The fourth-order valence-electron chi connectivity index (χ4n) is 3.84. The van der Waals surface area contributed by atoms with Crippen LogP contribution in [0.15, 0.2) is 48.5 Å². The summed E-state index contributed by atoms with van der Waals surface area (Å²) in [5.41, 5.74) is 2.05. The highest BCUT2D eigenvalue weighted by Crippen LogP contribution is 2.39. The lowest BCUT2D eigenvalue weighted by molar-refractivity contribution is -0.385. The molecular formula is C29H30N2O9. The maximum atomic E-state index is 12.8. The van der Waals surface area contributed by atoms with Crippen LogP contribution in [-0.2, 0) is 4.79 Å². The van der Waals surface area contributed by atoms with Gasteiger partial charge in [-0.1, -0.05) is 12.2 Å². The molecule has 0 radical (unpaired) electrons. The number of hydrogen-bond acceptors (Lipinski definition) is 9. The Morgan fingerprint density at radius 3 is 1.82 bits per heavy atom. The van der Waals surface area contributed by atoms with Crippen molar-refractivity contribution in [2.75, 3.05) is 48.0 Å². The maximum Gasteiger partial charge on any atom is 0.315 e. The second-order valence-electron chi connectivity index (χ2n) is 8.10. The van der Waals surface area contributed by atoms with Crippen LogP contribution < -0.4 is 33.7 Å². The first kappa shape index (κ1) is 29.4. The summed E-state index contributed by atoms with van der Waals surface area (Å²) in [6.07, 6.45) is 6.35. The monoisotopic (exact) mass is 550 g/mol. The number of carbonyl (C=O) groups excluding carboxylic acids is 1. The second kappa shape index (κ2) is 13.6. The number of nitrogens with zero attached hydrogens (tertiary/aromatic N) is 1. The third-order valence-electron chi connectivity index (χ3n) is 5.77. The first-order chi connectivity index (χ1) is 19.3. The van der Waals surface area contributed by atoms with E-state index in [2.05, 4.69) is 5.32 Å². The van der Waals surface area contributed by atoms with Crippen LogP contribution in [0.5, 0.6) is 34.5 Å². The molecule has 0 aliphatic heterocycles. The molecule has 0 spiro atoms. The normalized spacial score (nSPS) is 10.8. The van der Waals surface area contributed by atoms with Crippen molar-refractivity contribution in [1.29, 1.82) is 0 Å². The summed E-state index contributed by atoms with van der Waals surface area (Å²) >= 11 is 0. The van der Waals surface area contributed by atoms with Crippen molar-refractivity contribution in [1.82, 2.24) is 0 Å². The predicted octanol–water partition coefficient (Wildman–Crippen LogP) is 5.47. The molecule has 11 heteroatoms. The van der Waals surface area contributed by atoms with Crippen molar-refractivity contribution >= 4 is 35.5 Å². The second-order valence-corrected chi connectivity index (χ2v) is 8.10. The summed E-state index contributed by atoms with van der Waals surface area (Å²) in [4.78, 5) is 23.7. The number of hydrogen-bond donors (Lipinski definition) is 1. The Hall–Kier alpha value is -5.19. The van der Waals surface area contributed by atoms with E-state index in [0.717, 1.165) is 5.56 Å². The van der Waals surface area contributed by atoms with Crippen LogP contribution in [0.2, 0.25) is 0 Å². The molecule has 0 fully saturated rings. The smallest absolute Gasteiger partial charge is 0.315 e. The zero-order chi connectivity index (χ0) is 29.2. The lowest BCUT2D eigenvalue weighted by Crippen LogP contribution is -2.09. The standard InChI is InChI=1S/C29H30N2O9/c1-35-21-11-10-20(9-7-19-15-25(37-3)29(40-6)26(16-19)38-4)22(17-21)30-27(32)12-8-18-13-23(31(33)34)28(39-5)24(14-18)36-2/h7-17H,1-6H3,(H,30,32)/b9-7+,12-8+. The summed E-state index contributed by atoms with van der Waals surface area (Å²) in [7, 11) is 8.82. The van der Waals surface area contributed by atoms with Gasteiger partial charge < -0.3 is 33.7 Å². The molecule has 0 saturated carbocycles. The summed E-state index contributed by atoms with van der Waals surface area (Å²) in [6.45, 7) is 0. The Balaban J connectivity index is 1.90. The zero-order valence-electron chi connectivity index (χ0n) is 23.0. The first-order valence-electron chi connectivity index (χ1n) is 11.8. The number of carbonyl (C=O) groups is 1. The predicted molar refractivity (Wildman–Crippen MR) is 152 cm³/mol. The van der Waals surface area contributed by atoms with E-state index in [1.807, 2.05) is 12.2 Å². The summed E-state index contributed by atoms with van der Waals surface area (Å²) < 4.78 is 31.8. The highest BCUT2D eigenvalue weighted by Gasteiger charge is 2.21. The molecule has 0 heterocycles. The molecular weight excluding hydrogens is 520 g/mol. The fourth-order valence-corrected chi connectivity index (χ4v) is 3.84. The number of ether oxygens (including phenoxy) is 6. The molecule has 210 valence electrons. The molecule has 0 aromatic heterocycles. The molecule has 0 aliphatic rings. The maximum absolute atomic E-state index is 12.8. The van der Waals surface area contributed by atoms with E-state index in [-0.39, 0.29) is 17.2 Å². The van der Waals surface area contributed by atoms with Gasteiger partial charge in [0, 0.05) is 18.2 Å². The molecule has 3 aromatic carbocycles. The summed E-state index contributed by atoms with van der Waals surface area (Å²) in [5.74, 6) is 1.73. The average molecular weight is 551 g/mol. The number of amides is 1. The van der Waals surface area contributed by atoms with E-state index < -0.39 is 10.8 Å². The van der Waals surface area contributed by atoms with Gasteiger partial charge in [0.2, 0.25) is 17.4 Å². The minimum absolute atomic E-state index is 0.00555.